The summed E-state index contributed by atoms with van der Waals surface area (Å²) in [5, 5.41) is 2.41. The van der Waals surface area contributed by atoms with E-state index >= 15 is 0 Å². The van der Waals surface area contributed by atoms with Crippen molar-refractivity contribution in [3.63, 3.8) is 0 Å². The van der Waals surface area contributed by atoms with Crippen molar-refractivity contribution in [3.05, 3.63) is 315 Å². The minimum Gasteiger partial charge on any atom is -0.311 e. The summed E-state index contributed by atoms with van der Waals surface area (Å²) in [5.74, 6) is 0. The van der Waals surface area contributed by atoms with E-state index in [1.807, 2.05) is 0 Å². The van der Waals surface area contributed by atoms with Crippen LogP contribution >= 0.6 is 0 Å². The number of benzene rings is 13. The average molecular weight is 1040 g/mol. The molecule has 1 aromatic heterocycles. The lowest BCUT2D eigenvalue weighted by atomic mass is 9.33. The minimum absolute atomic E-state index is 0.144. The van der Waals surface area contributed by atoms with Crippen molar-refractivity contribution >= 4 is 79.0 Å². The molecule has 0 saturated heterocycles. The van der Waals surface area contributed by atoms with Gasteiger partial charge in [-0.3, -0.25) is 0 Å². The van der Waals surface area contributed by atoms with Crippen molar-refractivity contribution in [3.8, 4) is 72.4 Å². The Hall–Kier alpha value is -10.7. The van der Waals surface area contributed by atoms with Crippen LogP contribution in [-0.2, 0) is 0 Å². The van der Waals surface area contributed by atoms with Gasteiger partial charge in [0.05, 0.1) is 16.7 Å². The van der Waals surface area contributed by atoms with E-state index in [4.69, 9.17) is 0 Å². The highest BCUT2D eigenvalue weighted by Crippen LogP contribution is 2.49. The number of para-hydroxylation sites is 2. The number of hydrogen-bond donors (Lipinski definition) is 0. The molecule has 0 aliphatic carbocycles. The summed E-state index contributed by atoms with van der Waals surface area (Å²) in [6, 6.07) is 117. The molecule has 0 N–H and O–H groups in total. The summed E-state index contributed by atoms with van der Waals surface area (Å²) < 4.78 is 2.59. The van der Waals surface area contributed by atoms with Gasteiger partial charge in [-0.15, -0.1) is 0 Å². The molecule has 2 aliphatic heterocycles. The minimum atomic E-state index is -0.144. The fourth-order valence-corrected chi connectivity index (χ4v) is 13.2. The second-order valence-corrected chi connectivity index (χ2v) is 21.6. The summed E-state index contributed by atoms with van der Waals surface area (Å²) in [7, 11) is 0. The predicted octanol–water partition coefficient (Wildman–Crippen LogP) is 18.9. The van der Waals surface area contributed by atoms with E-state index in [1.165, 1.54) is 105 Å². The van der Waals surface area contributed by atoms with Gasteiger partial charge in [0.25, 0.3) is 6.71 Å². The Morgan fingerprint density at radius 3 is 0.902 bits per heavy atom. The molecule has 0 radical (unpaired) electrons. The van der Waals surface area contributed by atoms with E-state index in [9.17, 15) is 0 Å². The largest absolute Gasteiger partial charge is 0.311 e. The molecule has 3 heterocycles. The van der Waals surface area contributed by atoms with Crippen LogP contribution in [0.2, 0.25) is 0 Å². The zero-order valence-corrected chi connectivity index (χ0v) is 44.9. The smallest absolute Gasteiger partial charge is 0.252 e. The normalized spacial score (nSPS) is 12.3. The maximum absolute atomic E-state index is 2.59. The van der Waals surface area contributed by atoms with E-state index in [1.54, 1.807) is 0 Å². The standard InChI is InChI=1S/C78H52BN3/c1-7-21-53(22-8-1)57-37-43-63(44-38-57)80-72-47-41-61(55-25-11-3-12-26-55)49-70(72)79-71-50-62(56-27-13-4-14-28-56)42-48-73(71)81(64-45-39-58(40-46-64)54-23-9-2-10-24-54)75-52-65(51-74(80)76(75)79)82-77-66(59-29-15-5-16-30-59)33-19-35-68(77)69-36-20-34-67(78(69)82)60-31-17-6-18-32-60/h1-52H. The summed E-state index contributed by atoms with van der Waals surface area (Å²) in [6.07, 6.45) is 0. The van der Waals surface area contributed by atoms with Crippen LogP contribution in [0, 0.1) is 0 Å². The Morgan fingerprint density at radius 1 is 0.220 bits per heavy atom. The summed E-state index contributed by atoms with van der Waals surface area (Å²) in [4.78, 5) is 5.12. The molecule has 3 nitrogen and oxygen atoms in total. The first-order valence-corrected chi connectivity index (χ1v) is 28.4. The molecular weight excluding hydrogens is 990 g/mol. The molecule has 2 aliphatic rings. The fourth-order valence-electron chi connectivity index (χ4n) is 13.2. The van der Waals surface area contributed by atoms with Gasteiger partial charge in [0.1, 0.15) is 0 Å². The maximum Gasteiger partial charge on any atom is 0.252 e. The SMILES string of the molecule is c1ccc(-c2ccc(N3c4ccc(-c5ccccc5)cc4B4c5cc(-c6ccccc6)ccc5N(c5ccc(-c6ccccc6)cc5)c5cc(-n6c7c(-c8ccccc8)cccc7c7cccc(-c8ccccc8)c76)cc3c54)cc2)cc1. The highest BCUT2D eigenvalue weighted by atomic mass is 15.2. The maximum atomic E-state index is 2.59. The van der Waals surface area contributed by atoms with Crippen molar-refractivity contribution in [1.82, 2.24) is 4.57 Å². The topological polar surface area (TPSA) is 11.4 Å². The number of rotatable bonds is 9. The van der Waals surface area contributed by atoms with Gasteiger partial charge in [-0.05, 0) is 121 Å². The van der Waals surface area contributed by atoms with Gasteiger partial charge >= 0.3 is 0 Å². The fraction of sp³-hybridized carbons (Fsp3) is 0. The zero-order valence-electron chi connectivity index (χ0n) is 44.9. The van der Waals surface area contributed by atoms with Gasteiger partial charge in [0, 0.05) is 56.0 Å². The molecule has 0 atom stereocenters. The number of hydrogen-bond acceptors (Lipinski definition) is 2. The Morgan fingerprint density at radius 2 is 0.537 bits per heavy atom. The quantitative estimate of drug-likeness (QED) is 0.134. The Labute approximate surface area is 478 Å². The predicted molar refractivity (Wildman–Crippen MR) is 347 cm³/mol. The van der Waals surface area contributed by atoms with Gasteiger partial charge in [0.15, 0.2) is 0 Å². The molecule has 14 aromatic rings. The van der Waals surface area contributed by atoms with Gasteiger partial charge in [-0.1, -0.05) is 267 Å². The van der Waals surface area contributed by atoms with Gasteiger partial charge in [0.2, 0.25) is 0 Å². The van der Waals surface area contributed by atoms with Crippen LogP contribution in [-0.4, -0.2) is 11.3 Å². The lowest BCUT2D eigenvalue weighted by Crippen LogP contribution is -2.61. The third kappa shape index (κ3) is 7.83. The number of nitrogens with zero attached hydrogens (tertiary/aromatic N) is 3. The lowest BCUT2D eigenvalue weighted by molar-refractivity contribution is 1.16. The van der Waals surface area contributed by atoms with Crippen LogP contribution < -0.4 is 26.2 Å². The molecule has 0 amide bonds. The van der Waals surface area contributed by atoms with Crippen LogP contribution in [0.1, 0.15) is 0 Å². The van der Waals surface area contributed by atoms with Crippen molar-refractivity contribution in [2.75, 3.05) is 9.80 Å². The average Bonchev–Trinajstić information content (AvgIpc) is 2.65. The van der Waals surface area contributed by atoms with E-state index < -0.39 is 0 Å². The highest BCUT2D eigenvalue weighted by Gasteiger charge is 2.44. The van der Waals surface area contributed by atoms with E-state index in [-0.39, 0.29) is 6.71 Å². The molecule has 0 fully saturated rings. The van der Waals surface area contributed by atoms with Crippen molar-refractivity contribution in [1.29, 1.82) is 0 Å². The molecule has 13 aromatic carbocycles. The van der Waals surface area contributed by atoms with Crippen LogP contribution in [0.5, 0.6) is 0 Å². The van der Waals surface area contributed by atoms with E-state index in [0.29, 0.717) is 0 Å². The Balaban J connectivity index is 1.05. The third-order valence-electron chi connectivity index (χ3n) is 17.0. The summed E-state index contributed by atoms with van der Waals surface area (Å²) in [6.45, 7) is -0.144. The van der Waals surface area contributed by atoms with Gasteiger partial charge in [-0.25, -0.2) is 0 Å². The zero-order chi connectivity index (χ0) is 54.1. The number of fused-ring (bicyclic) bond motifs is 7. The number of aromatic nitrogens is 1. The number of anilines is 6. The first-order valence-electron chi connectivity index (χ1n) is 28.4. The Kier molecular flexibility index (Phi) is 11.3. The lowest BCUT2D eigenvalue weighted by Gasteiger charge is -2.44. The molecule has 4 heteroatoms. The second kappa shape index (κ2) is 19.6. The van der Waals surface area contributed by atoms with Crippen LogP contribution in [0.15, 0.2) is 315 Å². The van der Waals surface area contributed by atoms with Crippen LogP contribution in [0.25, 0.3) is 94.3 Å². The van der Waals surface area contributed by atoms with E-state index in [0.717, 1.165) is 39.8 Å². The van der Waals surface area contributed by atoms with E-state index in [2.05, 4.69) is 330 Å². The summed E-state index contributed by atoms with van der Waals surface area (Å²) >= 11 is 0. The molecular formula is C78H52BN3. The third-order valence-corrected chi connectivity index (χ3v) is 17.0. The van der Waals surface area contributed by atoms with Gasteiger partial charge < -0.3 is 14.4 Å². The molecule has 82 heavy (non-hydrogen) atoms. The molecule has 16 rings (SSSR count). The van der Waals surface area contributed by atoms with Crippen LogP contribution in [0.4, 0.5) is 34.1 Å². The first-order chi connectivity index (χ1) is 40.7. The molecule has 382 valence electrons. The Bertz CT molecular complexity index is 4400. The molecule has 0 spiro atoms. The van der Waals surface area contributed by atoms with Crippen molar-refractivity contribution in [2.45, 2.75) is 0 Å². The molecule has 0 saturated carbocycles. The first kappa shape index (κ1) is 47.3. The monoisotopic (exact) mass is 1040 g/mol. The van der Waals surface area contributed by atoms with Crippen molar-refractivity contribution < 1.29 is 0 Å². The van der Waals surface area contributed by atoms with Gasteiger partial charge in [-0.2, -0.15) is 0 Å². The molecule has 0 unspecified atom stereocenters. The molecule has 0 bridgehead atoms. The van der Waals surface area contributed by atoms with Crippen LogP contribution in [0.3, 0.4) is 0 Å². The second-order valence-electron chi connectivity index (χ2n) is 21.6. The van der Waals surface area contributed by atoms with Crippen molar-refractivity contribution in [2.24, 2.45) is 0 Å². The summed E-state index contributed by atoms with van der Waals surface area (Å²) in [5.41, 5.74) is 28.1. The highest BCUT2D eigenvalue weighted by molar-refractivity contribution is 7.00.